The number of methoxy groups -OCH3 is 3. The first-order valence-corrected chi connectivity index (χ1v) is 10.3. The number of imide groups is 1. The Balaban J connectivity index is 1.85. The first-order valence-electron chi connectivity index (χ1n) is 10.3. The molecule has 7 heteroatoms. The van der Waals surface area contributed by atoms with Gasteiger partial charge >= 0.3 is 0 Å². The van der Waals surface area contributed by atoms with Crippen molar-refractivity contribution in [3.63, 3.8) is 0 Å². The normalized spacial score (nSPS) is 13.4. The molecular weight excluding hydrogens is 420 g/mol. The molecule has 168 valence electrons. The van der Waals surface area contributed by atoms with Gasteiger partial charge in [-0.2, -0.15) is 0 Å². The Hall–Kier alpha value is -4.26. The number of carbonyl (C=O) groups is 2. The number of nitrogens with one attached hydrogen (secondary N) is 1. The van der Waals surface area contributed by atoms with Gasteiger partial charge in [-0.05, 0) is 24.1 Å². The van der Waals surface area contributed by atoms with E-state index in [1.165, 1.54) is 26.2 Å². The SMILES string of the molecule is COc1cc(NC2=C(c3ccccc3)C(=O)N(c3ccccc3C)C2=O)cc(OC)c1OC. The number of aryl methyl sites for hydroxylation is 1. The van der Waals surface area contributed by atoms with Crippen LogP contribution in [0.3, 0.4) is 0 Å². The minimum absolute atomic E-state index is 0.170. The second kappa shape index (κ2) is 9.08. The number of amides is 2. The number of hydrogen-bond acceptors (Lipinski definition) is 6. The van der Waals surface area contributed by atoms with E-state index in [-0.39, 0.29) is 11.3 Å². The molecule has 0 fully saturated rings. The summed E-state index contributed by atoms with van der Waals surface area (Å²) in [4.78, 5) is 28.3. The predicted octanol–water partition coefficient (Wildman–Crippen LogP) is 4.42. The van der Waals surface area contributed by atoms with Crippen LogP contribution < -0.4 is 24.4 Å². The second-order valence-corrected chi connectivity index (χ2v) is 7.39. The number of para-hydroxylation sites is 1. The number of benzene rings is 3. The quantitative estimate of drug-likeness (QED) is 0.544. The van der Waals surface area contributed by atoms with Crippen molar-refractivity contribution in [3.05, 3.63) is 83.6 Å². The van der Waals surface area contributed by atoms with E-state index >= 15 is 0 Å². The van der Waals surface area contributed by atoms with Crippen LogP contribution in [0.4, 0.5) is 11.4 Å². The zero-order valence-corrected chi connectivity index (χ0v) is 18.8. The number of rotatable bonds is 7. The van der Waals surface area contributed by atoms with E-state index in [4.69, 9.17) is 14.2 Å². The number of ether oxygens (including phenoxy) is 3. The van der Waals surface area contributed by atoms with Crippen molar-refractivity contribution in [3.8, 4) is 17.2 Å². The second-order valence-electron chi connectivity index (χ2n) is 7.39. The van der Waals surface area contributed by atoms with Crippen molar-refractivity contribution in [2.45, 2.75) is 6.92 Å². The van der Waals surface area contributed by atoms with E-state index in [2.05, 4.69) is 5.32 Å². The molecule has 3 aromatic carbocycles. The van der Waals surface area contributed by atoms with E-state index in [1.807, 2.05) is 37.3 Å². The largest absolute Gasteiger partial charge is 0.493 e. The summed E-state index contributed by atoms with van der Waals surface area (Å²) in [6.07, 6.45) is 0. The van der Waals surface area contributed by atoms with Crippen LogP contribution in [0.5, 0.6) is 17.2 Å². The maximum atomic E-state index is 13.6. The molecule has 2 amide bonds. The Morgan fingerprint density at radius 3 is 1.94 bits per heavy atom. The molecule has 7 nitrogen and oxygen atoms in total. The molecule has 0 saturated carbocycles. The van der Waals surface area contributed by atoms with Crippen LogP contribution in [-0.2, 0) is 9.59 Å². The number of nitrogens with zero attached hydrogens (tertiary/aromatic N) is 1. The Bertz CT molecular complexity index is 1230. The van der Waals surface area contributed by atoms with Crippen LogP contribution in [0.25, 0.3) is 5.57 Å². The Morgan fingerprint density at radius 1 is 0.758 bits per heavy atom. The van der Waals surface area contributed by atoms with Gasteiger partial charge in [0.05, 0.1) is 32.6 Å². The molecule has 0 saturated heterocycles. The van der Waals surface area contributed by atoms with Gasteiger partial charge in [0.2, 0.25) is 5.75 Å². The summed E-state index contributed by atoms with van der Waals surface area (Å²) in [5, 5.41) is 3.14. The smallest absolute Gasteiger partial charge is 0.282 e. The molecule has 1 aliphatic heterocycles. The summed E-state index contributed by atoms with van der Waals surface area (Å²) in [6.45, 7) is 1.86. The number of anilines is 2. The molecule has 0 bridgehead atoms. The molecule has 0 aliphatic carbocycles. The highest BCUT2D eigenvalue weighted by Gasteiger charge is 2.40. The van der Waals surface area contributed by atoms with Crippen LogP contribution in [0.1, 0.15) is 11.1 Å². The molecule has 1 aliphatic rings. The summed E-state index contributed by atoms with van der Waals surface area (Å²) in [5.74, 6) is 0.443. The minimum atomic E-state index is -0.443. The van der Waals surface area contributed by atoms with Gasteiger partial charge < -0.3 is 19.5 Å². The maximum absolute atomic E-state index is 13.6. The lowest BCUT2D eigenvalue weighted by molar-refractivity contribution is -0.120. The molecule has 0 atom stereocenters. The zero-order chi connectivity index (χ0) is 23.5. The highest BCUT2D eigenvalue weighted by molar-refractivity contribution is 6.46. The van der Waals surface area contributed by atoms with Crippen LogP contribution in [0.2, 0.25) is 0 Å². The number of hydrogen-bond donors (Lipinski definition) is 1. The molecule has 0 aromatic heterocycles. The average molecular weight is 444 g/mol. The topological polar surface area (TPSA) is 77.1 Å². The van der Waals surface area contributed by atoms with E-state index in [0.717, 1.165) is 5.56 Å². The third kappa shape index (κ3) is 3.89. The third-order valence-electron chi connectivity index (χ3n) is 5.44. The number of carbonyl (C=O) groups excluding carboxylic acids is 2. The van der Waals surface area contributed by atoms with E-state index in [9.17, 15) is 9.59 Å². The van der Waals surface area contributed by atoms with Crippen LogP contribution in [0.15, 0.2) is 72.4 Å². The van der Waals surface area contributed by atoms with Gasteiger partial charge in [0, 0.05) is 17.8 Å². The lowest BCUT2D eigenvalue weighted by atomic mass is 10.0. The van der Waals surface area contributed by atoms with Gasteiger partial charge in [0.25, 0.3) is 11.8 Å². The highest BCUT2D eigenvalue weighted by Crippen LogP contribution is 2.41. The van der Waals surface area contributed by atoms with Crippen molar-refractivity contribution in [2.24, 2.45) is 0 Å². The fraction of sp³-hybridized carbons (Fsp3) is 0.154. The standard InChI is InChI=1S/C26H24N2O5/c1-16-10-8-9-13-19(16)28-25(29)22(17-11-6-5-7-12-17)23(26(28)30)27-18-14-20(31-2)24(33-4)21(15-18)32-3/h5-15,27H,1-4H3. The Labute approximate surface area is 192 Å². The van der Waals surface area contributed by atoms with Crippen molar-refractivity contribution in [1.82, 2.24) is 0 Å². The summed E-state index contributed by atoms with van der Waals surface area (Å²) in [6, 6.07) is 19.8. The lowest BCUT2D eigenvalue weighted by Crippen LogP contribution is -2.33. The van der Waals surface area contributed by atoms with E-state index in [1.54, 1.807) is 36.4 Å². The predicted molar refractivity (Wildman–Crippen MR) is 127 cm³/mol. The maximum Gasteiger partial charge on any atom is 0.282 e. The molecule has 0 unspecified atom stereocenters. The average Bonchev–Trinajstić information content (AvgIpc) is 3.08. The minimum Gasteiger partial charge on any atom is -0.493 e. The van der Waals surface area contributed by atoms with E-state index < -0.39 is 11.8 Å². The Morgan fingerprint density at radius 2 is 1.36 bits per heavy atom. The molecule has 0 spiro atoms. The van der Waals surface area contributed by atoms with Crippen molar-refractivity contribution < 1.29 is 23.8 Å². The molecule has 4 rings (SSSR count). The molecule has 3 aromatic rings. The fourth-order valence-electron chi connectivity index (χ4n) is 3.85. The first kappa shape index (κ1) is 22.0. The summed E-state index contributed by atoms with van der Waals surface area (Å²) < 4.78 is 16.2. The lowest BCUT2D eigenvalue weighted by Gasteiger charge is -2.18. The van der Waals surface area contributed by atoms with Crippen LogP contribution >= 0.6 is 0 Å². The first-order chi connectivity index (χ1) is 16.0. The van der Waals surface area contributed by atoms with Gasteiger partial charge in [-0.15, -0.1) is 0 Å². The summed E-state index contributed by atoms with van der Waals surface area (Å²) >= 11 is 0. The fourth-order valence-corrected chi connectivity index (χ4v) is 3.85. The van der Waals surface area contributed by atoms with Crippen LogP contribution in [0, 0.1) is 6.92 Å². The van der Waals surface area contributed by atoms with Gasteiger partial charge in [-0.25, -0.2) is 4.90 Å². The highest BCUT2D eigenvalue weighted by atomic mass is 16.5. The molecule has 33 heavy (non-hydrogen) atoms. The molecule has 0 radical (unpaired) electrons. The summed E-state index contributed by atoms with van der Waals surface area (Å²) in [7, 11) is 4.54. The summed E-state index contributed by atoms with van der Waals surface area (Å²) in [5.41, 5.74) is 2.98. The third-order valence-corrected chi connectivity index (χ3v) is 5.44. The zero-order valence-electron chi connectivity index (χ0n) is 18.8. The monoisotopic (exact) mass is 444 g/mol. The van der Waals surface area contributed by atoms with Gasteiger partial charge in [-0.1, -0.05) is 48.5 Å². The van der Waals surface area contributed by atoms with Crippen LogP contribution in [-0.4, -0.2) is 33.1 Å². The van der Waals surface area contributed by atoms with Gasteiger partial charge in [0.1, 0.15) is 5.70 Å². The molecule has 1 N–H and O–H groups in total. The van der Waals surface area contributed by atoms with E-state index in [0.29, 0.717) is 34.2 Å². The molecular formula is C26H24N2O5. The van der Waals surface area contributed by atoms with Gasteiger partial charge in [0.15, 0.2) is 11.5 Å². The van der Waals surface area contributed by atoms with Crippen molar-refractivity contribution in [1.29, 1.82) is 0 Å². The van der Waals surface area contributed by atoms with Gasteiger partial charge in [-0.3, -0.25) is 9.59 Å². The Kier molecular flexibility index (Phi) is 6.04. The van der Waals surface area contributed by atoms with Crippen molar-refractivity contribution >= 4 is 28.8 Å². The van der Waals surface area contributed by atoms with Crippen molar-refractivity contribution in [2.75, 3.05) is 31.5 Å². The molecule has 1 heterocycles.